The van der Waals surface area contributed by atoms with Gasteiger partial charge in [0.1, 0.15) is 5.75 Å². The van der Waals surface area contributed by atoms with Crippen LogP contribution in [-0.2, 0) is 17.6 Å². The van der Waals surface area contributed by atoms with Crippen LogP contribution in [0, 0.1) is 11.3 Å². The third-order valence-electron chi connectivity index (χ3n) is 5.19. The fraction of sp³-hybridized carbons (Fsp3) is 0.647. The Bertz CT molecular complexity index is 556. The number of hydrogen-bond acceptors (Lipinski definition) is 2. The van der Waals surface area contributed by atoms with E-state index in [2.05, 4.69) is 6.07 Å². The van der Waals surface area contributed by atoms with Crippen molar-refractivity contribution in [1.29, 1.82) is 0 Å². The van der Waals surface area contributed by atoms with Gasteiger partial charge in [-0.1, -0.05) is 11.6 Å². The summed E-state index contributed by atoms with van der Waals surface area (Å²) < 4.78 is 11.9. The second-order valence-electron chi connectivity index (χ2n) is 6.70. The van der Waals surface area contributed by atoms with Crippen LogP contribution < -0.4 is 4.74 Å². The Morgan fingerprint density at radius 1 is 1.24 bits per heavy atom. The van der Waals surface area contributed by atoms with E-state index in [0.29, 0.717) is 17.9 Å². The Kier molecular flexibility index (Phi) is 3.60. The lowest BCUT2D eigenvalue weighted by Crippen LogP contribution is -2.36. The summed E-state index contributed by atoms with van der Waals surface area (Å²) >= 11 is 12.7. The van der Waals surface area contributed by atoms with Crippen molar-refractivity contribution in [2.24, 2.45) is 11.3 Å². The molecule has 0 aromatic heterocycles. The Balaban J connectivity index is 1.68. The molecule has 4 rings (SSSR count). The summed E-state index contributed by atoms with van der Waals surface area (Å²) in [4.78, 5) is 0. The van der Waals surface area contributed by atoms with E-state index in [1.165, 1.54) is 24.0 Å². The Labute approximate surface area is 135 Å². The topological polar surface area (TPSA) is 18.5 Å². The van der Waals surface area contributed by atoms with Crippen LogP contribution in [0.1, 0.15) is 30.4 Å². The molecule has 0 radical (unpaired) electrons. The predicted octanol–water partition coefficient (Wildman–Crippen LogP) is 4.24. The highest BCUT2D eigenvalue weighted by molar-refractivity contribution is 6.30. The molecule has 2 fully saturated rings. The number of rotatable bonds is 4. The Morgan fingerprint density at radius 2 is 2.10 bits per heavy atom. The summed E-state index contributed by atoms with van der Waals surface area (Å²) in [6.45, 7) is 1.59. The molecule has 1 saturated carbocycles. The lowest BCUT2D eigenvalue weighted by Gasteiger charge is -2.33. The van der Waals surface area contributed by atoms with E-state index in [9.17, 15) is 0 Å². The molecule has 21 heavy (non-hydrogen) atoms. The molecular formula is C17H20Cl2O2. The van der Waals surface area contributed by atoms with E-state index in [1.54, 1.807) is 0 Å². The summed E-state index contributed by atoms with van der Waals surface area (Å²) in [6.07, 6.45) is 5.80. The average Bonchev–Trinajstić information content (AvgIpc) is 3.05. The van der Waals surface area contributed by atoms with E-state index in [4.69, 9.17) is 32.7 Å². The zero-order valence-electron chi connectivity index (χ0n) is 12.0. The number of alkyl halides is 1. The van der Waals surface area contributed by atoms with Crippen LogP contribution in [0.2, 0.25) is 5.02 Å². The first-order chi connectivity index (χ1) is 10.2. The van der Waals surface area contributed by atoms with Gasteiger partial charge in [0.25, 0.3) is 0 Å². The monoisotopic (exact) mass is 326 g/mol. The minimum absolute atomic E-state index is 0.0487. The molecule has 114 valence electrons. The van der Waals surface area contributed by atoms with Gasteiger partial charge in [-0.05, 0) is 54.9 Å². The molecule has 1 saturated heterocycles. The quantitative estimate of drug-likeness (QED) is 0.770. The molecule has 2 unspecified atom stereocenters. The third-order valence-corrected chi connectivity index (χ3v) is 5.94. The van der Waals surface area contributed by atoms with Crippen molar-refractivity contribution >= 4 is 23.2 Å². The van der Waals surface area contributed by atoms with Gasteiger partial charge in [0.05, 0.1) is 12.7 Å². The first kappa shape index (κ1) is 14.2. The molecule has 2 nitrogen and oxygen atoms in total. The van der Waals surface area contributed by atoms with E-state index in [1.807, 2.05) is 6.07 Å². The second-order valence-corrected chi connectivity index (χ2v) is 7.41. The van der Waals surface area contributed by atoms with Crippen LogP contribution in [0.15, 0.2) is 12.1 Å². The van der Waals surface area contributed by atoms with Gasteiger partial charge in [0, 0.05) is 29.3 Å². The van der Waals surface area contributed by atoms with Gasteiger partial charge in [-0.15, -0.1) is 11.6 Å². The highest BCUT2D eigenvalue weighted by Gasteiger charge is 2.50. The third kappa shape index (κ3) is 2.46. The molecule has 0 amide bonds. The van der Waals surface area contributed by atoms with Crippen molar-refractivity contribution in [1.82, 2.24) is 0 Å². The average molecular weight is 327 g/mol. The van der Waals surface area contributed by atoms with E-state index in [0.717, 1.165) is 43.2 Å². The van der Waals surface area contributed by atoms with Crippen molar-refractivity contribution < 1.29 is 9.47 Å². The molecule has 2 atom stereocenters. The van der Waals surface area contributed by atoms with Crippen molar-refractivity contribution in [3.63, 3.8) is 0 Å². The van der Waals surface area contributed by atoms with Gasteiger partial charge < -0.3 is 9.47 Å². The normalized spacial score (nSPS) is 31.2. The fourth-order valence-electron chi connectivity index (χ4n) is 3.98. The van der Waals surface area contributed by atoms with Gasteiger partial charge in [0.15, 0.2) is 0 Å². The van der Waals surface area contributed by atoms with Gasteiger partial charge in [0.2, 0.25) is 0 Å². The van der Waals surface area contributed by atoms with Crippen LogP contribution in [0.25, 0.3) is 0 Å². The van der Waals surface area contributed by atoms with Crippen LogP contribution in [0.5, 0.6) is 5.75 Å². The van der Waals surface area contributed by atoms with E-state index in [-0.39, 0.29) is 5.41 Å². The molecule has 1 aromatic carbocycles. The lowest BCUT2D eigenvalue weighted by molar-refractivity contribution is 0.0401. The van der Waals surface area contributed by atoms with Crippen LogP contribution in [-0.4, -0.2) is 25.2 Å². The molecule has 2 heterocycles. The largest absolute Gasteiger partial charge is 0.493 e. The summed E-state index contributed by atoms with van der Waals surface area (Å²) in [5.74, 6) is 2.40. The first-order valence-electron chi connectivity index (χ1n) is 7.83. The van der Waals surface area contributed by atoms with Crippen molar-refractivity contribution in [3.8, 4) is 5.75 Å². The van der Waals surface area contributed by atoms with Gasteiger partial charge >= 0.3 is 0 Å². The summed E-state index contributed by atoms with van der Waals surface area (Å²) in [5, 5.41) is 0.806. The molecule has 0 N–H and O–H groups in total. The number of fused-ring (bicyclic) bond motifs is 1. The van der Waals surface area contributed by atoms with Crippen molar-refractivity contribution in [2.45, 2.75) is 38.2 Å². The SMILES string of the molecule is ClCC1(Cc2cc(Cl)cc3c2OCC3)CCOC1C1CC1. The van der Waals surface area contributed by atoms with Crippen LogP contribution >= 0.6 is 23.2 Å². The summed E-state index contributed by atoms with van der Waals surface area (Å²) in [7, 11) is 0. The Morgan fingerprint density at radius 3 is 2.86 bits per heavy atom. The molecule has 2 aliphatic heterocycles. The standard InChI is InChI=1S/C17H20Cl2O2/c18-10-17(4-6-21-16(17)11-1-2-11)9-13-8-14(19)7-12-3-5-20-15(12)13/h7-8,11,16H,1-6,9-10H2. The maximum Gasteiger partial charge on any atom is 0.125 e. The van der Waals surface area contributed by atoms with Crippen LogP contribution in [0.3, 0.4) is 0 Å². The minimum Gasteiger partial charge on any atom is -0.493 e. The molecule has 4 heteroatoms. The maximum atomic E-state index is 6.42. The number of benzene rings is 1. The summed E-state index contributed by atoms with van der Waals surface area (Å²) in [6, 6.07) is 4.09. The lowest BCUT2D eigenvalue weighted by atomic mass is 9.75. The molecular weight excluding hydrogens is 307 g/mol. The van der Waals surface area contributed by atoms with Gasteiger partial charge in [-0.25, -0.2) is 0 Å². The number of ether oxygens (including phenoxy) is 2. The van der Waals surface area contributed by atoms with Gasteiger partial charge in [-0.3, -0.25) is 0 Å². The zero-order chi connectivity index (χ0) is 14.4. The van der Waals surface area contributed by atoms with E-state index < -0.39 is 0 Å². The summed E-state index contributed by atoms with van der Waals surface area (Å²) in [5.41, 5.74) is 2.50. The van der Waals surface area contributed by atoms with Crippen molar-refractivity contribution in [3.05, 3.63) is 28.3 Å². The molecule has 0 bridgehead atoms. The van der Waals surface area contributed by atoms with E-state index >= 15 is 0 Å². The second kappa shape index (κ2) is 5.33. The van der Waals surface area contributed by atoms with Gasteiger partial charge in [-0.2, -0.15) is 0 Å². The maximum absolute atomic E-state index is 6.42. The highest BCUT2D eigenvalue weighted by Crippen LogP contribution is 2.51. The highest BCUT2D eigenvalue weighted by atomic mass is 35.5. The first-order valence-corrected chi connectivity index (χ1v) is 8.75. The molecule has 1 aromatic rings. The number of halogens is 2. The predicted molar refractivity (Wildman–Crippen MR) is 84.6 cm³/mol. The molecule has 0 spiro atoms. The molecule has 3 aliphatic rings. The van der Waals surface area contributed by atoms with Crippen molar-refractivity contribution in [2.75, 3.05) is 19.1 Å². The molecule has 1 aliphatic carbocycles. The minimum atomic E-state index is 0.0487. The smallest absolute Gasteiger partial charge is 0.125 e. The zero-order valence-corrected chi connectivity index (χ0v) is 13.6. The van der Waals surface area contributed by atoms with Crippen LogP contribution in [0.4, 0.5) is 0 Å². The Hall–Kier alpha value is -0.440. The number of hydrogen-bond donors (Lipinski definition) is 0. The fourth-order valence-corrected chi connectivity index (χ4v) is 4.62.